The van der Waals surface area contributed by atoms with Gasteiger partial charge in [-0.2, -0.15) is 0 Å². The second-order valence-corrected chi connectivity index (χ2v) is 5.60. The number of sulfonamides is 1. The molecule has 0 saturated carbocycles. The van der Waals surface area contributed by atoms with E-state index >= 15 is 0 Å². The molecule has 18 heavy (non-hydrogen) atoms. The second kappa shape index (κ2) is 6.67. The van der Waals surface area contributed by atoms with Gasteiger partial charge in [-0.05, 0) is 30.7 Å². The van der Waals surface area contributed by atoms with Crippen molar-refractivity contribution >= 4 is 10.0 Å². The van der Waals surface area contributed by atoms with Crippen LogP contribution < -0.4 is 15.2 Å². The molecule has 0 radical (unpaired) electrons. The molecular weight excluding hydrogens is 259 g/mol. The number of ether oxygens (including phenoxy) is 1. The lowest BCUT2D eigenvalue weighted by molar-refractivity contribution is 0.386. The summed E-state index contributed by atoms with van der Waals surface area (Å²) in [5.41, 5.74) is 0.768. The molecule has 0 atom stereocenters. The van der Waals surface area contributed by atoms with Crippen molar-refractivity contribution in [2.75, 3.05) is 19.4 Å². The van der Waals surface area contributed by atoms with Crippen LogP contribution in [0, 0.1) is 5.82 Å². The molecule has 0 unspecified atom stereocenters. The minimum Gasteiger partial charge on any atom is -0.494 e. The van der Waals surface area contributed by atoms with Crippen molar-refractivity contribution < 1.29 is 17.5 Å². The smallest absolute Gasteiger partial charge is 0.209 e. The van der Waals surface area contributed by atoms with Crippen LogP contribution >= 0.6 is 0 Å². The van der Waals surface area contributed by atoms with Crippen LogP contribution in [-0.4, -0.2) is 27.8 Å². The fourth-order valence-electron chi connectivity index (χ4n) is 1.45. The summed E-state index contributed by atoms with van der Waals surface area (Å²) in [5, 5.41) is 7.87. The quantitative estimate of drug-likeness (QED) is 0.715. The predicted molar refractivity (Wildman–Crippen MR) is 67.2 cm³/mol. The SMILES string of the molecule is COc1ccc(CNCCCS(N)(=O)=O)cc1F. The average Bonchev–Trinajstić information content (AvgIpc) is 2.27. The molecule has 102 valence electrons. The van der Waals surface area contributed by atoms with Crippen LogP contribution in [0.1, 0.15) is 12.0 Å². The molecule has 0 aliphatic carbocycles. The van der Waals surface area contributed by atoms with E-state index in [1.807, 2.05) is 0 Å². The Morgan fingerprint density at radius 3 is 2.72 bits per heavy atom. The number of primary sulfonamides is 1. The van der Waals surface area contributed by atoms with Crippen molar-refractivity contribution in [3.63, 3.8) is 0 Å². The predicted octanol–water partition coefficient (Wildman–Crippen LogP) is 0.603. The average molecular weight is 276 g/mol. The first-order chi connectivity index (χ1) is 8.42. The molecule has 0 heterocycles. The highest BCUT2D eigenvalue weighted by atomic mass is 32.2. The molecule has 0 aliphatic rings. The second-order valence-electron chi connectivity index (χ2n) is 3.87. The van der Waals surface area contributed by atoms with Gasteiger partial charge in [0.1, 0.15) is 0 Å². The van der Waals surface area contributed by atoms with E-state index in [0.717, 1.165) is 5.56 Å². The molecule has 0 aliphatic heterocycles. The van der Waals surface area contributed by atoms with Crippen molar-refractivity contribution in [3.05, 3.63) is 29.6 Å². The molecule has 7 heteroatoms. The van der Waals surface area contributed by atoms with E-state index in [1.54, 1.807) is 12.1 Å². The van der Waals surface area contributed by atoms with Gasteiger partial charge in [0.05, 0.1) is 12.9 Å². The van der Waals surface area contributed by atoms with E-state index in [0.29, 0.717) is 19.5 Å². The van der Waals surface area contributed by atoms with Gasteiger partial charge < -0.3 is 10.1 Å². The van der Waals surface area contributed by atoms with Gasteiger partial charge in [0, 0.05) is 6.54 Å². The first kappa shape index (κ1) is 14.9. The van der Waals surface area contributed by atoms with Crippen LogP contribution in [0.2, 0.25) is 0 Å². The van der Waals surface area contributed by atoms with Gasteiger partial charge >= 0.3 is 0 Å². The Hall–Kier alpha value is -1.18. The largest absolute Gasteiger partial charge is 0.494 e. The van der Waals surface area contributed by atoms with E-state index in [1.165, 1.54) is 13.2 Å². The molecular formula is C11H17FN2O3S. The Kier molecular flexibility index (Phi) is 5.52. The van der Waals surface area contributed by atoms with Crippen LogP contribution in [0.4, 0.5) is 4.39 Å². The zero-order chi connectivity index (χ0) is 13.6. The first-order valence-corrected chi connectivity index (χ1v) is 7.17. The molecule has 0 aromatic heterocycles. The summed E-state index contributed by atoms with van der Waals surface area (Å²) in [6.45, 7) is 0.968. The summed E-state index contributed by atoms with van der Waals surface area (Å²) >= 11 is 0. The van der Waals surface area contributed by atoms with Gasteiger partial charge in [-0.1, -0.05) is 6.07 Å². The molecule has 5 nitrogen and oxygen atoms in total. The lowest BCUT2D eigenvalue weighted by Crippen LogP contribution is -2.22. The standard InChI is InChI=1S/C11H17FN2O3S/c1-17-11-4-3-9(7-10(11)12)8-14-5-2-6-18(13,15)16/h3-4,7,14H,2,5-6,8H2,1H3,(H2,13,15,16). The number of methoxy groups -OCH3 is 1. The number of halogens is 1. The molecule has 0 spiro atoms. The molecule has 0 fully saturated rings. The molecule has 1 aromatic rings. The Balaban J connectivity index is 2.34. The van der Waals surface area contributed by atoms with Gasteiger partial charge in [0.15, 0.2) is 11.6 Å². The summed E-state index contributed by atoms with van der Waals surface area (Å²) < 4.78 is 39.5. The van der Waals surface area contributed by atoms with Crippen molar-refractivity contribution in [2.24, 2.45) is 5.14 Å². The van der Waals surface area contributed by atoms with Crippen LogP contribution in [0.3, 0.4) is 0 Å². The van der Waals surface area contributed by atoms with Crippen LogP contribution in [-0.2, 0) is 16.6 Å². The molecule has 0 saturated heterocycles. The monoisotopic (exact) mass is 276 g/mol. The van der Waals surface area contributed by atoms with E-state index in [4.69, 9.17) is 9.88 Å². The minimum atomic E-state index is -3.40. The Labute approximate surface area is 106 Å². The fourth-order valence-corrected chi connectivity index (χ4v) is 2.00. The molecule has 1 aromatic carbocycles. The van der Waals surface area contributed by atoms with E-state index in [-0.39, 0.29) is 11.5 Å². The lowest BCUT2D eigenvalue weighted by atomic mass is 10.2. The minimum absolute atomic E-state index is 0.0586. The molecule has 0 bridgehead atoms. The van der Waals surface area contributed by atoms with E-state index in [9.17, 15) is 12.8 Å². The summed E-state index contributed by atoms with van der Waals surface area (Å²) in [4.78, 5) is 0. The summed E-state index contributed by atoms with van der Waals surface area (Å²) in [5.74, 6) is -0.272. The topological polar surface area (TPSA) is 81.4 Å². The van der Waals surface area contributed by atoms with Crippen LogP contribution in [0.25, 0.3) is 0 Å². The number of rotatable bonds is 7. The molecule has 1 rings (SSSR count). The maximum Gasteiger partial charge on any atom is 0.209 e. The third-order valence-corrected chi connectivity index (χ3v) is 3.19. The summed E-state index contributed by atoms with van der Waals surface area (Å²) in [7, 11) is -2.00. The number of nitrogens with two attached hydrogens (primary N) is 1. The van der Waals surface area contributed by atoms with Crippen LogP contribution in [0.5, 0.6) is 5.75 Å². The Morgan fingerprint density at radius 1 is 1.44 bits per heavy atom. The molecule has 3 N–H and O–H groups in total. The van der Waals surface area contributed by atoms with E-state index in [2.05, 4.69) is 5.32 Å². The summed E-state index contributed by atoms with van der Waals surface area (Å²) in [6, 6.07) is 4.68. The number of nitrogens with one attached hydrogen (secondary N) is 1. The van der Waals surface area contributed by atoms with Crippen molar-refractivity contribution in [3.8, 4) is 5.75 Å². The maximum atomic E-state index is 13.3. The van der Waals surface area contributed by atoms with Crippen molar-refractivity contribution in [1.29, 1.82) is 0 Å². The Bertz CT molecular complexity index is 491. The van der Waals surface area contributed by atoms with E-state index < -0.39 is 15.8 Å². The lowest BCUT2D eigenvalue weighted by Gasteiger charge is -2.06. The number of hydrogen-bond acceptors (Lipinski definition) is 4. The highest BCUT2D eigenvalue weighted by Crippen LogP contribution is 2.17. The maximum absolute atomic E-state index is 13.3. The highest BCUT2D eigenvalue weighted by Gasteiger charge is 2.04. The van der Waals surface area contributed by atoms with Gasteiger partial charge in [-0.15, -0.1) is 0 Å². The van der Waals surface area contributed by atoms with Gasteiger partial charge in [-0.25, -0.2) is 17.9 Å². The third kappa shape index (κ3) is 5.44. The van der Waals surface area contributed by atoms with Crippen LogP contribution in [0.15, 0.2) is 18.2 Å². The molecule has 0 amide bonds. The normalized spacial score (nSPS) is 11.5. The highest BCUT2D eigenvalue weighted by molar-refractivity contribution is 7.89. The zero-order valence-electron chi connectivity index (χ0n) is 10.1. The van der Waals surface area contributed by atoms with Gasteiger partial charge in [0.2, 0.25) is 10.0 Å². The Morgan fingerprint density at radius 2 is 2.17 bits per heavy atom. The first-order valence-electron chi connectivity index (χ1n) is 5.46. The van der Waals surface area contributed by atoms with Gasteiger partial charge in [-0.3, -0.25) is 0 Å². The summed E-state index contributed by atoms with van der Waals surface area (Å²) in [6.07, 6.45) is 0.428. The fraction of sp³-hybridized carbons (Fsp3) is 0.455. The van der Waals surface area contributed by atoms with Gasteiger partial charge in [0.25, 0.3) is 0 Å². The van der Waals surface area contributed by atoms with Crippen molar-refractivity contribution in [2.45, 2.75) is 13.0 Å². The van der Waals surface area contributed by atoms with Crippen molar-refractivity contribution in [1.82, 2.24) is 5.32 Å². The third-order valence-electron chi connectivity index (χ3n) is 2.33. The number of hydrogen-bond donors (Lipinski definition) is 2. The number of benzene rings is 1. The zero-order valence-corrected chi connectivity index (χ0v) is 11.0.